The molecule has 1 N–H and O–H groups in total. The Morgan fingerprint density at radius 2 is 1.96 bits per heavy atom. The molecule has 1 aliphatic heterocycles. The molecular formula is C17H20FN3O3S. The van der Waals surface area contributed by atoms with Gasteiger partial charge in [-0.2, -0.15) is 9.40 Å². The molecule has 3 rings (SSSR count). The molecule has 25 heavy (non-hydrogen) atoms. The van der Waals surface area contributed by atoms with Crippen LogP contribution in [-0.2, 0) is 10.0 Å². The molecule has 0 aliphatic carbocycles. The molecule has 0 spiro atoms. The van der Waals surface area contributed by atoms with Crippen molar-refractivity contribution in [2.75, 3.05) is 13.1 Å². The van der Waals surface area contributed by atoms with E-state index in [1.807, 2.05) is 0 Å². The lowest BCUT2D eigenvalue weighted by Gasteiger charge is -2.31. The Balaban J connectivity index is 1.83. The van der Waals surface area contributed by atoms with Gasteiger partial charge in [0.05, 0.1) is 11.4 Å². The highest BCUT2D eigenvalue weighted by atomic mass is 32.2. The van der Waals surface area contributed by atoms with Crippen LogP contribution >= 0.6 is 0 Å². The minimum atomic E-state index is -3.71. The van der Waals surface area contributed by atoms with Gasteiger partial charge in [0, 0.05) is 24.6 Å². The molecule has 6 nitrogen and oxygen atoms in total. The molecular weight excluding hydrogens is 345 g/mol. The molecule has 0 bridgehead atoms. The largest absolute Gasteiger partial charge is 0.294 e. The smallest absolute Gasteiger partial charge is 0.246 e. The second-order valence-electron chi connectivity index (χ2n) is 6.34. The van der Waals surface area contributed by atoms with Crippen LogP contribution in [-0.4, -0.2) is 41.8 Å². The van der Waals surface area contributed by atoms with Crippen molar-refractivity contribution in [3.8, 4) is 0 Å². The van der Waals surface area contributed by atoms with Crippen molar-refractivity contribution in [3.63, 3.8) is 0 Å². The Hall–Kier alpha value is -2.06. The maximum Gasteiger partial charge on any atom is 0.246 e. The summed E-state index contributed by atoms with van der Waals surface area (Å²) in [4.78, 5) is 12.8. The summed E-state index contributed by atoms with van der Waals surface area (Å²) in [7, 11) is -3.71. The minimum absolute atomic E-state index is 0.128. The molecule has 1 saturated heterocycles. The van der Waals surface area contributed by atoms with E-state index >= 15 is 0 Å². The summed E-state index contributed by atoms with van der Waals surface area (Å²) < 4.78 is 40.3. The van der Waals surface area contributed by atoms with E-state index in [1.54, 1.807) is 13.8 Å². The highest BCUT2D eigenvalue weighted by molar-refractivity contribution is 7.89. The second-order valence-corrected chi connectivity index (χ2v) is 8.21. The van der Waals surface area contributed by atoms with Gasteiger partial charge in [0.15, 0.2) is 5.78 Å². The average molecular weight is 365 g/mol. The van der Waals surface area contributed by atoms with E-state index in [1.165, 1.54) is 28.6 Å². The highest BCUT2D eigenvalue weighted by Gasteiger charge is 2.35. The van der Waals surface area contributed by atoms with Crippen LogP contribution in [0.2, 0.25) is 0 Å². The molecule has 2 heterocycles. The number of benzene rings is 1. The van der Waals surface area contributed by atoms with Crippen LogP contribution in [0, 0.1) is 25.6 Å². The number of nitrogens with one attached hydrogen (secondary N) is 1. The van der Waals surface area contributed by atoms with E-state index < -0.39 is 21.8 Å². The highest BCUT2D eigenvalue weighted by Crippen LogP contribution is 2.28. The topological polar surface area (TPSA) is 83.1 Å². The van der Waals surface area contributed by atoms with Gasteiger partial charge >= 0.3 is 0 Å². The third-order valence-corrected chi connectivity index (χ3v) is 6.67. The molecule has 1 aromatic heterocycles. The summed E-state index contributed by atoms with van der Waals surface area (Å²) in [6.07, 6.45) is 1.22. The number of H-pyrrole nitrogens is 1. The van der Waals surface area contributed by atoms with Gasteiger partial charge in [-0.25, -0.2) is 12.8 Å². The summed E-state index contributed by atoms with van der Waals surface area (Å²) in [6, 6.07) is 5.36. The molecule has 8 heteroatoms. The van der Waals surface area contributed by atoms with Crippen LogP contribution in [0.1, 0.15) is 34.6 Å². The summed E-state index contributed by atoms with van der Waals surface area (Å²) >= 11 is 0. The predicted octanol–water partition coefficient (Wildman–Crippen LogP) is 2.45. The molecule has 1 aliphatic rings. The standard InChI is InChI=1S/C17H20FN3O3S/c1-11-17(12(2)20-19-11)25(23,24)21-9-3-4-14(10-21)16(22)13-5-7-15(18)8-6-13/h5-8,14H,3-4,9-10H2,1-2H3,(H,19,20). The fourth-order valence-electron chi connectivity index (χ4n) is 3.27. The molecule has 1 atom stereocenters. The van der Waals surface area contributed by atoms with Crippen LogP contribution < -0.4 is 0 Å². The van der Waals surface area contributed by atoms with Crippen molar-refractivity contribution in [1.82, 2.24) is 14.5 Å². The zero-order chi connectivity index (χ0) is 18.2. The van der Waals surface area contributed by atoms with Gasteiger partial charge in [-0.1, -0.05) is 0 Å². The first-order valence-electron chi connectivity index (χ1n) is 8.12. The number of sulfonamides is 1. The Kier molecular flexibility index (Phi) is 4.75. The number of aryl methyl sites for hydroxylation is 2. The van der Waals surface area contributed by atoms with Gasteiger partial charge in [0.25, 0.3) is 0 Å². The number of nitrogens with zero attached hydrogens (tertiary/aromatic N) is 2. The van der Waals surface area contributed by atoms with E-state index in [0.29, 0.717) is 36.3 Å². The molecule has 0 saturated carbocycles. The fourth-order valence-corrected chi connectivity index (χ4v) is 5.13. The Labute approximate surface area is 146 Å². The molecule has 1 fully saturated rings. The van der Waals surface area contributed by atoms with E-state index in [0.717, 1.165) is 0 Å². The number of Topliss-reactive ketones (excluding diaryl/α,β-unsaturated/α-hetero) is 1. The van der Waals surface area contributed by atoms with Gasteiger partial charge in [0.2, 0.25) is 10.0 Å². The third-order valence-electron chi connectivity index (χ3n) is 4.54. The van der Waals surface area contributed by atoms with E-state index in [2.05, 4.69) is 10.2 Å². The molecule has 2 aromatic rings. The van der Waals surface area contributed by atoms with Crippen molar-refractivity contribution in [2.45, 2.75) is 31.6 Å². The predicted molar refractivity (Wildman–Crippen MR) is 90.3 cm³/mol. The number of carbonyl (C=O) groups is 1. The first kappa shape index (κ1) is 17.8. The molecule has 134 valence electrons. The van der Waals surface area contributed by atoms with E-state index in [-0.39, 0.29) is 17.2 Å². The first-order chi connectivity index (χ1) is 11.8. The average Bonchev–Trinajstić information content (AvgIpc) is 2.94. The molecule has 0 amide bonds. The lowest BCUT2D eigenvalue weighted by atomic mass is 9.91. The van der Waals surface area contributed by atoms with Crippen LogP contribution in [0.4, 0.5) is 4.39 Å². The first-order valence-corrected chi connectivity index (χ1v) is 9.56. The van der Waals surface area contributed by atoms with Crippen LogP contribution in [0.5, 0.6) is 0 Å². The summed E-state index contributed by atoms with van der Waals surface area (Å²) in [6.45, 7) is 3.81. The maximum absolute atomic E-state index is 13.0. The van der Waals surface area contributed by atoms with Gasteiger partial charge in [-0.15, -0.1) is 0 Å². The number of carbonyl (C=O) groups excluding carboxylic acids is 1. The maximum atomic E-state index is 13.0. The number of ketones is 1. The van der Waals surface area contributed by atoms with E-state index in [4.69, 9.17) is 0 Å². The zero-order valence-electron chi connectivity index (χ0n) is 14.1. The molecule has 0 radical (unpaired) electrons. The zero-order valence-corrected chi connectivity index (χ0v) is 14.9. The Bertz CT molecular complexity index is 871. The van der Waals surface area contributed by atoms with Crippen LogP contribution in [0.15, 0.2) is 29.2 Å². The van der Waals surface area contributed by atoms with Gasteiger partial charge in [-0.05, 0) is 51.0 Å². The van der Waals surface area contributed by atoms with Crippen molar-refractivity contribution in [2.24, 2.45) is 5.92 Å². The normalized spacial score (nSPS) is 19.1. The number of aromatic nitrogens is 2. The van der Waals surface area contributed by atoms with Gasteiger partial charge in [0.1, 0.15) is 10.7 Å². The lowest BCUT2D eigenvalue weighted by Crippen LogP contribution is -2.42. The van der Waals surface area contributed by atoms with Crippen molar-refractivity contribution < 1.29 is 17.6 Å². The van der Waals surface area contributed by atoms with Crippen molar-refractivity contribution in [1.29, 1.82) is 0 Å². The van der Waals surface area contributed by atoms with Crippen molar-refractivity contribution >= 4 is 15.8 Å². The Morgan fingerprint density at radius 3 is 2.56 bits per heavy atom. The van der Waals surface area contributed by atoms with Crippen molar-refractivity contribution in [3.05, 3.63) is 47.0 Å². The number of hydrogen-bond donors (Lipinski definition) is 1. The Morgan fingerprint density at radius 1 is 1.28 bits per heavy atom. The molecule has 1 unspecified atom stereocenters. The summed E-state index contributed by atoms with van der Waals surface area (Å²) in [5.41, 5.74) is 1.32. The second kappa shape index (κ2) is 6.68. The van der Waals surface area contributed by atoms with Gasteiger partial charge < -0.3 is 0 Å². The number of halogens is 1. The van der Waals surface area contributed by atoms with E-state index in [9.17, 15) is 17.6 Å². The number of hydrogen-bond acceptors (Lipinski definition) is 4. The summed E-state index contributed by atoms with van der Waals surface area (Å²) in [5, 5.41) is 6.64. The SMILES string of the molecule is Cc1n[nH]c(C)c1S(=O)(=O)N1CCCC(C(=O)c2ccc(F)cc2)C1. The quantitative estimate of drug-likeness (QED) is 0.844. The number of aromatic amines is 1. The number of rotatable bonds is 4. The molecule has 1 aromatic carbocycles. The third kappa shape index (κ3) is 3.36. The fraction of sp³-hybridized carbons (Fsp3) is 0.412. The monoisotopic (exact) mass is 365 g/mol. The summed E-state index contributed by atoms with van der Waals surface area (Å²) in [5.74, 6) is -0.989. The number of piperidine rings is 1. The van der Waals surface area contributed by atoms with Crippen LogP contribution in [0.3, 0.4) is 0 Å². The lowest BCUT2D eigenvalue weighted by molar-refractivity contribution is 0.0872. The minimum Gasteiger partial charge on any atom is -0.294 e. The van der Waals surface area contributed by atoms with Crippen LogP contribution in [0.25, 0.3) is 0 Å². The van der Waals surface area contributed by atoms with Gasteiger partial charge in [-0.3, -0.25) is 9.89 Å².